The molecule has 3 heterocycles. The van der Waals surface area contributed by atoms with Gasteiger partial charge in [0.05, 0.1) is 28.3 Å². The van der Waals surface area contributed by atoms with Crippen molar-refractivity contribution >= 4 is 22.5 Å². The summed E-state index contributed by atoms with van der Waals surface area (Å²) in [7, 11) is 0. The van der Waals surface area contributed by atoms with Crippen molar-refractivity contribution in [2.75, 3.05) is 31.1 Å². The van der Waals surface area contributed by atoms with E-state index in [1.807, 2.05) is 64.2 Å². The second-order valence-electron chi connectivity index (χ2n) is 7.94. The lowest BCUT2D eigenvalue weighted by Gasteiger charge is -2.36. The highest BCUT2D eigenvalue weighted by atomic mass is 16.2. The molecule has 6 heteroatoms. The van der Waals surface area contributed by atoms with Gasteiger partial charge in [-0.1, -0.05) is 42.5 Å². The molecule has 0 radical (unpaired) electrons. The Labute approximate surface area is 181 Å². The third-order valence-electron chi connectivity index (χ3n) is 5.95. The van der Waals surface area contributed by atoms with E-state index in [0.29, 0.717) is 18.8 Å². The summed E-state index contributed by atoms with van der Waals surface area (Å²) in [6, 6.07) is 21.9. The van der Waals surface area contributed by atoms with E-state index < -0.39 is 0 Å². The van der Waals surface area contributed by atoms with Crippen molar-refractivity contribution in [1.82, 2.24) is 19.7 Å². The Morgan fingerprint density at radius 1 is 0.839 bits per heavy atom. The average Bonchev–Trinajstić information content (AvgIpc) is 3.12. The first-order chi connectivity index (χ1) is 15.1. The van der Waals surface area contributed by atoms with Crippen LogP contribution in [0.15, 0.2) is 66.7 Å². The largest absolute Gasteiger partial charge is 0.365 e. The molecule has 2 aromatic heterocycles. The van der Waals surface area contributed by atoms with Crippen LogP contribution >= 0.6 is 0 Å². The summed E-state index contributed by atoms with van der Waals surface area (Å²) in [6.45, 7) is 7.06. The number of hydrogen-bond donors (Lipinski definition) is 0. The molecule has 1 fully saturated rings. The van der Waals surface area contributed by atoms with Crippen molar-refractivity contribution in [2.24, 2.45) is 0 Å². The third kappa shape index (κ3) is 3.54. The van der Waals surface area contributed by atoms with Crippen LogP contribution in [0, 0.1) is 13.8 Å². The molecule has 31 heavy (non-hydrogen) atoms. The Bertz CT molecular complexity index is 1240. The van der Waals surface area contributed by atoms with E-state index in [4.69, 9.17) is 5.10 Å². The number of piperazine rings is 1. The van der Waals surface area contributed by atoms with Gasteiger partial charge in [0.1, 0.15) is 5.69 Å². The maximum atomic E-state index is 13.0. The zero-order chi connectivity index (χ0) is 21.4. The molecule has 1 saturated heterocycles. The van der Waals surface area contributed by atoms with E-state index in [9.17, 15) is 4.79 Å². The molecule has 6 nitrogen and oxygen atoms in total. The van der Waals surface area contributed by atoms with Gasteiger partial charge in [0.15, 0.2) is 0 Å². The van der Waals surface area contributed by atoms with Crippen LogP contribution in [0.2, 0.25) is 0 Å². The van der Waals surface area contributed by atoms with Crippen LogP contribution in [0.25, 0.3) is 16.6 Å². The first-order valence-electron chi connectivity index (χ1n) is 10.6. The number of amides is 1. The normalized spacial score (nSPS) is 14.3. The fraction of sp³-hybridized carbons (Fsp3) is 0.240. The molecule has 0 saturated carbocycles. The van der Waals surface area contributed by atoms with Gasteiger partial charge in [-0.05, 0) is 38.1 Å². The Morgan fingerprint density at radius 3 is 2.32 bits per heavy atom. The van der Waals surface area contributed by atoms with Crippen molar-refractivity contribution in [1.29, 1.82) is 0 Å². The molecule has 0 atom stereocenters. The molecule has 1 amide bonds. The molecule has 1 aliphatic rings. The summed E-state index contributed by atoms with van der Waals surface area (Å²) in [5, 5.41) is 5.82. The van der Waals surface area contributed by atoms with E-state index in [2.05, 4.69) is 35.9 Å². The number of fused-ring (bicyclic) bond motifs is 1. The van der Waals surface area contributed by atoms with Crippen LogP contribution in [-0.4, -0.2) is 51.8 Å². The quantitative estimate of drug-likeness (QED) is 0.511. The zero-order valence-electron chi connectivity index (χ0n) is 17.8. The number of benzene rings is 2. The van der Waals surface area contributed by atoms with E-state index >= 15 is 0 Å². The highest BCUT2D eigenvalue weighted by Gasteiger charge is 2.26. The first kappa shape index (κ1) is 19.3. The number of carbonyl (C=O) groups is 1. The lowest BCUT2D eigenvalue weighted by molar-refractivity contribution is 0.0741. The highest BCUT2D eigenvalue weighted by molar-refractivity contribution is 5.95. The molecule has 0 aliphatic carbocycles. The number of hydrogen-bond acceptors (Lipinski definition) is 4. The number of aromatic nitrogens is 3. The molecular weight excluding hydrogens is 386 g/mol. The van der Waals surface area contributed by atoms with Gasteiger partial charge in [0.25, 0.3) is 5.91 Å². The summed E-state index contributed by atoms with van der Waals surface area (Å²) in [6.07, 6.45) is 0. The number of para-hydroxylation sites is 2. The fourth-order valence-electron chi connectivity index (χ4n) is 4.39. The predicted octanol–water partition coefficient (Wildman–Crippen LogP) is 4.00. The lowest BCUT2D eigenvalue weighted by atomic mass is 10.2. The standard InChI is InChI=1S/C25H25N5O/c1-18-24(19(2)30(27-18)21-9-4-3-5-10-21)28-14-16-29(17-15-28)25(31)23-13-12-20-8-6-7-11-22(20)26-23/h3-13H,14-17H2,1-2H3. The maximum Gasteiger partial charge on any atom is 0.272 e. The fourth-order valence-corrected chi connectivity index (χ4v) is 4.39. The van der Waals surface area contributed by atoms with Crippen LogP contribution in [0.5, 0.6) is 0 Å². The SMILES string of the molecule is Cc1nn(-c2ccccc2)c(C)c1N1CCN(C(=O)c2ccc3ccccc3n2)CC1. The maximum absolute atomic E-state index is 13.0. The minimum atomic E-state index is -0.00109. The van der Waals surface area contributed by atoms with Crippen LogP contribution in [0.3, 0.4) is 0 Å². The van der Waals surface area contributed by atoms with Crippen LogP contribution in [0.4, 0.5) is 5.69 Å². The third-order valence-corrected chi connectivity index (χ3v) is 5.95. The van der Waals surface area contributed by atoms with E-state index in [1.54, 1.807) is 0 Å². The number of aryl methyl sites for hydroxylation is 1. The monoisotopic (exact) mass is 411 g/mol. The number of nitrogens with zero attached hydrogens (tertiary/aromatic N) is 5. The molecule has 1 aliphatic heterocycles. The van der Waals surface area contributed by atoms with Crippen molar-refractivity contribution in [3.63, 3.8) is 0 Å². The number of carbonyl (C=O) groups excluding carboxylic acids is 1. The van der Waals surface area contributed by atoms with Crippen molar-refractivity contribution < 1.29 is 4.79 Å². The minimum Gasteiger partial charge on any atom is -0.365 e. The summed E-state index contributed by atoms with van der Waals surface area (Å²) < 4.78 is 2.00. The molecule has 2 aromatic carbocycles. The van der Waals surface area contributed by atoms with Gasteiger partial charge in [0.2, 0.25) is 0 Å². The number of rotatable bonds is 3. The van der Waals surface area contributed by atoms with E-state index in [0.717, 1.165) is 41.1 Å². The zero-order valence-corrected chi connectivity index (χ0v) is 17.8. The molecule has 0 bridgehead atoms. The molecule has 0 unspecified atom stereocenters. The molecule has 156 valence electrons. The van der Waals surface area contributed by atoms with Gasteiger partial charge in [-0.15, -0.1) is 0 Å². The summed E-state index contributed by atoms with van der Waals surface area (Å²) in [5.74, 6) is -0.00109. The topological polar surface area (TPSA) is 54.3 Å². The smallest absolute Gasteiger partial charge is 0.272 e. The van der Waals surface area contributed by atoms with Crippen LogP contribution < -0.4 is 4.90 Å². The number of anilines is 1. The van der Waals surface area contributed by atoms with Gasteiger partial charge in [0, 0.05) is 31.6 Å². The average molecular weight is 412 g/mol. The van der Waals surface area contributed by atoms with E-state index in [1.165, 1.54) is 5.69 Å². The van der Waals surface area contributed by atoms with Gasteiger partial charge in [-0.25, -0.2) is 9.67 Å². The minimum absolute atomic E-state index is 0.00109. The molecule has 0 spiro atoms. The molecule has 4 aromatic rings. The second kappa shape index (κ2) is 7.87. The van der Waals surface area contributed by atoms with Gasteiger partial charge in [-0.3, -0.25) is 4.79 Å². The van der Waals surface area contributed by atoms with Crippen molar-refractivity contribution in [2.45, 2.75) is 13.8 Å². The Morgan fingerprint density at radius 2 is 1.55 bits per heavy atom. The Kier molecular flexibility index (Phi) is 4.90. The molecule has 5 rings (SSSR count). The highest BCUT2D eigenvalue weighted by Crippen LogP contribution is 2.28. The summed E-state index contributed by atoms with van der Waals surface area (Å²) in [4.78, 5) is 21.9. The molecular formula is C25H25N5O. The lowest BCUT2D eigenvalue weighted by Crippen LogP contribution is -2.49. The van der Waals surface area contributed by atoms with E-state index in [-0.39, 0.29) is 5.91 Å². The van der Waals surface area contributed by atoms with Gasteiger partial charge < -0.3 is 9.80 Å². The summed E-state index contributed by atoms with van der Waals surface area (Å²) >= 11 is 0. The van der Waals surface area contributed by atoms with Gasteiger partial charge in [-0.2, -0.15) is 5.10 Å². The Hall–Kier alpha value is -3.67. The van der Waals surface area contributed by atoms with Crippen molar-refractivity contribution in [3.05, 3.63) is 83.8 Å². The van der Waals surface area contributed by atoms with Crippen LogP contribution in [0.1, 0.15) is 21.9 Å². The van der Waals surface area contributed by atoms with Crippen molar-refractivity contribution in [3.8, 4) is 5.69 Å². The first-order valence-corrected chi connectivity index (χ1v) is 10.6. The summed E-state index contributed by atoms with van der Waals surface area (Å²) in [5.41, 5.74) is 5.73. The van der Waals surface area contributed by atoms with Crippen LogP contribution in [-0.2, 0) is 0 Å². The molecule has 0 N–H and O–H groups in total. The second-order valence-corrected chi connectivity index (χ2v) is 7.94. The predicted molar refractivity (Wildman–Crippen MR) is 123 cm³/mol. The Balaban J connectivity index is 1.32. The number of pyridine rings is 1. The van der Waals surface area contributed by atoms with Gasteiger partial charge >= 0.3 is 0 Å².